The summed E-state index contributed by atoms with van der Waals surface area (Å²) < 4.78 is 33.3. The molecule has 0 aromatic carbocycles. The van der Waals surface area contributed by atoms with E-state index in [2.05, 4.69) is 33.0 Å². The third-order valence-electron chi connectivity index (χ3n) is 13.4. The number of nitrogens with one attached hydrogen (secondary N) is 1. The summed E-state index contributed by atoms with van der Waals surface area (Å²) in [5.41, 5.74) is 0.360. The Balaban J connectivity index is 1.25. The number of fused-ring (bicyclic) bond motifs is 5. The van der Waals surface area contributed by atoms with Crippen LogP contribution in [0.3, 0.4) is 0 Å². The van der Waals surface area contributed by atoms with Gasteiger partial charge in [-0.25, -0.2) is 0 Å². The van der Waals surface area contributed by atoms with Gasteiger partial charge in [-0.05, 0) is 116 Å². The molecular weight excluding hydrogens is 526 g/mol. The highest BCUT2D eigenvalue weighted by Gasteiger charge is 2.64. The third-order valence-corrected chi connectivity index (χ3v) is 14.7. The van der Waals surface area contributed by atoms with Crippen molar-refractivity contribution in [2.75, 3.05) is 0 Å². The van der Waals surface area contributed by atoms with Gasteiger partial charge in [-0.3, -0.25) is 9.35 Å². The van der Waals surface area contributed by atoms with Crippen LogP contribution in [0.1, 0.15) is 118 Å². The molecule has 4 N–H and O–H groups in total. The van der Waals surface area contributed by atoms with Crippen LogP contribution in [-0.2, 0) is 14.9 Å². The van der Waals surface area contributed by atoms with Gasteiger partial charge in [0, 0.05) is 12.5 Å². The normalized spacial score (nSPS) is 48.0. The SMILES string of the molecule is CC[C@H]1[C@@H](O)[C@@H]2[C@H](CC[C@]3(C)[C@@H]([C@H](C)CCC(=O)N[C@@H]4CCCC[C@@H]4S(=O)(=O)O)CC[C@@H]23)[C@@]2(C)CC[C@@H](O)C[C@@H]12. The first-order valence-corrected chi connectivity index (χ1v) is 17.9. The number of carbonyl (C=O) groups is 1. The lowest BCUT2D eigenvalue weighted by Gasteiger charge is -2.64. The van der Waals surface area contributed by atoms with Gasteiger partial charge in [-0.2, -0.15) is 8.42 Å². The summed E-state index contributed by atoms with van der Waals surface area (Å²) in [7, 11) is -4.17. The highest BCUT2D eigenvalue weighted by molar-refractivity contribution is 7.86. The Hall–Kier alpha value is -0.700. The van der Waals surface area contributed by atoms with Crippen molar-refractivity contribution in [2.24, 2.45) is 52.3 Å². The predicted octanol–water partition coefficient (Wildman–Crippen LogP) is 5.34. The van der Waals surface area contributed by atoms with E-state index in [0.717, 1.165) is 64.2 Å². The minimum atomic E-state index is -4.17. The van der Waals surface area contributed by atoms with Gasteiger partial charge in [0.15, 0.2) is 0 Å². The van der Waals surface area contributed by atoms with Gasteiger partial charge < -0.3 is 15.5 Å². The lowest BCUT2D eigenvalue weighted by molar-refractivity contribution is -0.203. The van der Waals surface area contributed by atoms with Crippen LogP contribution in [-0.4, -0.2) is 52.6 Å². The molecule has 8 heteroatoms. The summed E-state index contributed by atoms with van der Waals surface area (Å²) in [6.07, 6.45) is 11.6. The molecule has 0 radical (unpaired) electrons. The fraction of sp³-hybridized carbons (Fsp3) is 0.969. The quantitative estimate of drug-likeness (QED) is 0.301. The second kappa shape index (κ2) is 11.4. The van der Waals surface area contributed by atoms with Crippen molar-refractivity contribution >= 4 is 16.0 Å². The van der Waals surface area contributed by atoms with Crippen molar-refractivity contribution in [2.45, 2.75) is 141 Å². The lowest BCUT2D eigenvalue weighted by Crippen LogP contribution is -2.62. The first kappa shape index (κ1) is 30.7. The Labute approximate surface area is 242 Å². The lowest BCUT2D eigenvalue weighted by atomic mass is 9.41. The number of carbonyl (C=O) groups excluding carboxylic acids is 1. The molecule has 7 nitrogen and oxygen atoms in total. The van der Waals surface area contributed by atoms with E-state index in [4.69, 9.17) is 0 Å². The molecule has 0 aliphatic heterocycles. The third kappa shape index (κ3) is 5.30. The fourth-order valence-electron chi connectivity index (χ4n) is 11.4. The maximum atomic E-state index is 12.9. The average molecular weight is 582 g/mol. The summed E-state index contributed by atoms with van der Waals surface area (Å²) in [5, 5.41) is 24.5. The molecular formula is C32H55NO6S. The minimum absolute atomic E-state index is 0.109. The summed E-state index contributed by atoms with van der Waals surface area (Å²) in [5.74, 6) is 2.78. The summed E-state index contributed by atoms with van der Waals surface area (Å²) >= 11 is 0. The molecule has 1 amide bonds. The zero-order chi connectivity index (χ0) is 29.0. The summed E-state index contributed by atoms with van der Waals surface area (Å²) in [4.78, 5) is 12.9. The Morgan fingerprint density at radius 2 is 1.62 bits per heavy atom. The molecule has 0 aromatic heterocycles. The van der Waals surface area contributed by atoms with Crippen LogP contribution in [0.25, 0.3) is 0 Å². The largest absolute Gasteiger partial charge is 0.393 e. The molecule has 0 aromatic rings. The molecule has 0 bridgehead atoms. The summed E-state index contributed by atoms with van der Waals surface area (Å²) in [6, 6.07) is -0.499. The smallest absolute Gasteiger partial charge is 0.269 e. The van der Waals surface area contributed by atoms with Crippen LogP contribution in [0.2, 0.25) is 0 Å². The Morgan fingerprint density at radius 3 is 2.33 bits per heavy atom. The van der Waals surface area contributed by atoms with Crippen molar-refractivity contribution in [1.29, 1.82) is 0 Å². The van der Waals surface area contributed by atoms with Crippen LogP contribution >= 0.6 is 0 Å². The highest BCUT2D eigenvalue weighted by Crippen LogP contribution is 2.69. The van der Waals surface area contributed by atoms with E-state index in [0.29, 0.717) is 54.8 Å². The Kier molecular flexibility index (Phi) is 8.78. The highest BCUT2D eigenvalue weighted by atomic mass is 32.2. The van der Waals surface area contributed by atoms with Crippen molar-refractivity contribution in [3.63, 3.8) is 0 Å². The molecule has 0 heterocycles. The van der Waals surface area contributed by atoms with Gasteiger partial charge in [0.05, 0.1) is 12.2 Å². The van der Waals surface area contributed by atoms with Crippen LogP contribution < -0.4 is 5.32 Å². The average Bonchev–Trinajstić information content (AvgIpc) is 3.25. The number of rotatable bonds is 7. The second-order valence-corrected chi connectivity index (χ2v) is 16.8. The minimum Gasteiger partial charge on any atom is -0.393 e. The topological polar surface area (TPSA) is 124 Å². The van der Waals surface area contributed by atoms with E-state index >= 15 is 0 Å². The number of hydrogen-bond donors (Lipinski definition) is 4. The van der Waals surface area contributed by atoms with Gasteiger partial charge >= 0.3 is 0 Å². The number of aliphatic hydroxyl groups excluding tert-OH is 2. The van der Waals surface area contributed by atoms with E-state index in [1.54, 1.807) is 0 Å². The van der Waals surface area contributed by atoms with Crippen molar-refractivity contribution in [3.8, 4) is 0 Å². The number of aliphatic hydroxyl groups is 2. The molecule has 0 saturated heterocycles. The van der Waals surface area contributed by atoms with Gasteiger partial charge in [-0.1, -0.05) is 47.0 Å². The van der Waals surface area contributed by atoms with Gasteiger partial charge in [0.1, 0.15) is 5.25 Å². The van der Waals surface area contributed by atoms with E-state index in [-0.39, 0.29) is 34.9 Å². The maximum absolute atomic E-state index is 12.9. The van der Waals surface area contributed by atoms with Crippen LogP contribution in [0.5, 0.6) is 0 Å². The Bertz CT molecular complexity index is 1030. The molecule has 5 saturated carbocycles. The van der Waals surface area contributed by atoms with E-state index in [1.165, 1.54) is 6.42 Å². The molecule has 5 aliphatic carbocycles. The van der Waals surface area contributed by atoms with Crippen molar-refractivity contribution in [1.82, 2.24) is 5.32 Å². The molecule has 5 fully saturated rings. The van der Waals surface area contributed by atoms with Gasteiger partial charge in [0.25, 0.3) is 10.1 Å². The van der Waals surface area contributed by atoms with Crippen LogP contribution in [0, 0.1) is 52.3 Å². The zero-order valence-electron chi connectivity index (χ0n) is 25.2. The standard InChI is InChI=1S/C32H55NO6S/c1-5-21-25-18-20(34)14-16-32(25,4)24-15-17-31(3)22(11-12-23(31)29(24)30(21)36)19(2)10-13-28(35)33-26-8-6-7-9-27(26)40(37,38)39/h19-27,29-30,34,36H,5-18H2,1-4H3,(H,33,35)(H,37,38,39)/t19-,20-,21-,22-,23+,24+,25+,26-,27+,29+,30-,31-,32-/m1/s1. The molecule has 5 rings (SSSR count). The van der Waals surface area contributed by atoms with E-state index < -0.39 is 21.4 Å². The number of hydrogen-bond acceptors (Lipinski definition) is 5. The predicted molar refractivity (Wildman–Crippen MR) is 156 cm³/mol. The number of amides is 1. The van der Waals surface area contributed by atoms with Gasteiger partial charge in [0.2, 0.25) is 5.91 Å². The van der Waals surface area contributed by atoms with Crippen LogP contribution in [0.15, 0.2) is 0 Å². The van der Waals surface area contributed by atoms with Crippen LogP contribution in [0.4, 0.5) is 0 Å². The van der Waals surface area contributed by atoms with Crippen molar-refractivity contribution in [3.05, 3.63) is 0 Å². The maximum Gasteiger partial charge on any atom is 0.269 e. The van der Waals surface area contributed by atoms with E-state index in [1.807, 2.05) is 0 Å². The van der Waals surface area contributed by atoms with Gasteiger partial charge in [-0.15, -0.1) is 0 Å². The molecule has 40 heavy (non-hydrogen) atoms. The first-order valence-electron chi connectivity index (χ1n) is 16.4. The molecule has 230 valence electrons. The first-order chi connectivity index (χ1) is 18.8. The summed E-state index contributed by atoms with van der Waals surface area (Å²) in [6.45, 7) is 9.44. The zero-order valence-corrected chi connectivity index (χ0v) is 26.0. The molecule has 0 spiro atoms. The Morgan fingerprint density at radius 1 is 0.950 bits per heavy atom. The monoisotopic (exact) mass is 581 g/mol. The van der Waals surface area contributed by atoms with E-state index in [9.17, 15) is 28.0 Å². The molecule has 0 unspecified atom stereocenters. The second-order valence-electron chi connectivity index (χ2n) is 15.1. The molecule has 5 aliphatic rings. The fourth-order valence-corrected chi connectivity index (χ4v) is 12.5. The molecule has 13 atom stereocenters. The van der Waals surface area contributed by atoms with Crippen molar-refractivity contribution < 1.29 is 28.0 Å².